The van der Waals surface area contributed by atoms with E-state index in [1.54, 1.807) is 18.3 Å². The van der Waals surface area contributed by atoms with E-state index < -0.39 is 10.5 Å². The maximum absolute atomic E-state index is 10.8. The van der Waals surface area contributed by atoms with E-state index in [0.717, 1.165) is 19.3 Å². The number of benzene rings is 1. The van der Waals surface area contributed by atoms with Crippen molar-refractivity contribution in [3.8, 4) is 5.69 Å². The van der Waals surface area contributed by atoms with Crippen LogP contribution in [0.15, 0.2) is 30.5 Å². The molecule has 1 aliphatic carbocycles. The lowest BCUT2D eigenvalue weighted by Gasteiger charge is -2.29. The molecule has 0 saturated heterocycles. The molecule has 0 bridgehead atoms. The second kappa shape index (κ2) is 5.25. The van der Waals surface area contributed by atoms with Gasteiger partial charge in [0.15, 0.2) is 0 Å². The van der Waals surface area contributed by atoms with E-state index in [0.29, 0.717) is 24.2 Å². The van der Waals surface area contributed by atoms with Crippen molar-refractivity contribution in [3.63, 3.8) is 0 Å². The quantitative estimate of drug-likeness (QED) is 0.691. The Morgan fingerprint density at radius 3 is 2.76 bits per heavy atom. The molecule has 21 heavy (non-hydrogen) atoms. The molecule has 7 nitrogen and oxygen atoms in total. The van der Waals surface area contributed by atoms with Gasteiger partial charge in [-0.05, 0) is 18.9 Å². The molecule has 0 aliphatic heterocycles. The molecular formula is C14H16N4O3. The smallest absolute Gasteiger partial charge is 0.271 e. The van der Waals surface area contributed by atoms with Crippen molar-refractivity contribution >= 4 is 5.69 Å². The Morgan fingerprint density at radius 2 is 2.05 bits per heavy atom. The van der Waals surface area contributed by atoms with E-state index >= 15 is 0 Å². The molecular weight excluding hydrogens is 272 g/mol. The van der Waals surface area contributed by atoms with Crippen LogP contribution in [0, 0.1) is 10.1 Å². The van der Waals surface area contributed by atoms with Crippen LogP contribution < -0.4 is 0 Å². The lowest BCUT2D eigenvalue weighted by atomic mass is 9.83. The van der Waals surface area contributed by atoms with Gasteiger partial charge in [-0.25, -0.2) is 4.68 Å². The minimum absolute atomic E-state index is 0.000859. The average Bonchev–Trinajstić information content (AvgIpc) is 2.99. The van der Waals surface area contributed by atoms with Crippen LogP contribution >= 0.6 is 0 Å². The van der Waals surface area contributed by atoms with E-state index in [-0.39, 0.29) is 5.69 Å². The van der Waals surface area contributed by atoms with Crippen molar-refractivity contribution in [3.05, 3.63) is 46.3 Å². The molecule has 0 radical (unpaired) electrons. The van der Waals surface area contributed by atoms with Crippen molar-refractivity contribution in [1.29, 1.82) is 0 Å². The van der Waals surface area contributed by atoms with Gasteiger partial charge < -0.3 is 5.11 Å². The first-order valence-electron chi connectivity index (χ1n) is 6.98. The molecule has 2 aromatic rings. The van der Waals surface area contributed by atoms with Gasteiger partial charge in [0.05, 0.1) is 16.8 Å². The van der Waals surface area contributed by atoms with E-state index in [1.807, 2.05) is 0 Å². The molecule has 0 atom stereocenters. The molecule has 0 unspecified atom stereocenters. The molecule has 1 aliphatic rings. The molecule has 7 heteroatoms. The maximum atomic E-state index is 10.8. The molecule has 1 aromatic heterocycles. The molecule has 0 amide bonds. The number of aliphatic hydroxyl groups is 1. The summed E-state index contributed by atoms with van der Waals surface area (Å²) in [5, 5.41) is 29.5. The first-order chi connectivity index (χ1) is 10.1. The summed E-state index contributed by atoms with van der Waals surface area (Å²) in [7, 11) is 0. The summed E-state index contributed by atoms with van der Waals surface area (Å²) in [6.07, 6.45) is 6.09. The van der Waals surface area contributed by atoms with Gasteiger partial charge in [0, 0.05) is 12.1 Å². The van der Waals surface area contributed by atoms with Gasteiger partial charge in [0.2, 0.25) is 0 Å². The minimum atomic E-state index is -0.919. The fourth-order valence-electron chi connectivity index (χ4n) is 2.75. The topological polar surface area (TPSA) is 94.1 Å². The van der Waals surface area contributed by atoms with Crippen LogP contribution in [-0.2, 0) is 5.60 Å². The summed E-state index contributed by atoms with van der Waals surface area (Å²) < 4.78 is 1.47. The zero-order chi connectivity index (χ0) is 14.9. The summed E-state index contributed by atoms with van der Waals surface area (Å²) >= 11 is 0. The normalized spacial score (nSPS) is 17.6. The fourth-order valence-corrected chi connectivity index (χ4v) is 2.75. The Bertz CT molecular complexity index is 662. The lowest BCUT2D eigenvalue weighted by molar-refractivity contribution is -0.384. The number of nitro groups is 1. The van der Waals surface area contributed by atoms with Crippen LogP contribution in [0.4, 0.5) is 5.69 Å². The summed E-state index contributed by atoms with van der Waals surface area (Å²) in [6, 6.07) is 6.18. The standard InChI is InChI=1S/C14H16N4O3/c19-14(7-2-1-3-8-14)13-10-17(16-15-13)11-5-4-6-12(9-11)18(20)21/h4-6,9-10,19H,1-3,7-8H2. The minimum Gasteiger partial charge on any atom is -0.383 e. The maximum Gasteiger partial charge on any atom is 0.271 e. The van der Waals surface area contributed by atoms with Gasteiger partial charge in [0.25, 0.3) is 5.69 Å². The number of aromatic nitrogens is 3. The fraction of sp³-hybridized carbons (Fsp3) is 0.429. The van der Waals surface area contributed by atoms with Crippen LogP contribution in [0.5, 0.6) is 0 Å². The van der Waals surface area contributed by atoms with Gasteiger partial charge >= 0.3 is 0 Å². The van der Waals surface area contributed by atoms with Gasteiger partial charge in [-0.1, -0.05) is 30.5 Å². The molecule has 1 heterocycles. The number of hydrogen-bond acceptors (Lipinski definition) is 5. The van der Waals surface area contributed by atoms with Crippen molar-refractivity contribution in [2.75, 3.05) is 0 Å². The predicted octanol–water partition coefficient (Wildman–Crippen LogP) is 2.33. The Morgan fingerprint density at radius 1 is 1.29 bits per heavy atom. The predicted molar refractivity (Wildman–Crippen MR) is 75.0 cm³/mol. The summed E-state index contributed by atoms with van der Waals surface area (Å²) in [5.41, 5.74) is 0.175. The zero-order valence-electron chi connectivity index (χ0n) is 11.5. The number of rotatable bonds is 3. The van der Waals surface area contributed by atoms with Gasteiger partial charge in [-0.3, -0.25) is 10.1 Å². The van der Waals surface area contributed by atoms with Gasteiger partial charge in [0.1, 0.15) is 11.3 Å². The third kappa shape index (κ3) is 2.64. The molecule has 1 aromatic carbocycles. The summed E-state index contributed by atoms with van der Waals surface area (Å²) in [6.45, 7) is 0. The van der Waals surface area contributed by atoms with E-state index in [4.69, 9.17) is 0 Å². The zero-order valence-corrected chi connectivity index (χ0v) is 11.5. The Kier molecular flexibility index (Phi) is 3.42. The van der Waals surface area contributed by atoms with Crippen molar-refractivity contribution < 1.29 is 10.0 Å². The Hall–Kier alpha value is -2.28. The first-order valence-corrected chi connectivity index (χ1v) is 6.98. The third-order valence-corrected chi connectivity index (χ3v) is 3.96. The van der Waals surface area contributed by atoms with Crippen LogP contribution in [-0.4, -0.2) is 25.0 Å². The van der Waals surface area contributed by atoms with Crippen LogP contribution in [0.3, 0.4) is 0 Å². The van der Waals surface area contributed by atoms with Crippen LogP contribution in [0.25, 0.3) is 5.69 Å². The highest BCUT2D eigenvalue weighted by molar-refractivity contribution is 5.42. The highest BCUT2D eigenvalue weighted by Crippen LogP contribution is 2.35. The Balaban J connectivity index is 1.91. The molecule has 110 valence electrons. The average molecular weight is 288 g/mol. The monoisotopic (exact) mass is 288 g/mol. The second-order valence-corrected chi connectivity index (χ2v) is 5.42. The second-order valence-electron chi connectivity index (χ2n) is 5.42. The number of nitrogens with zero attached hydrogens (tertiary/aromatic N) is 4. The number of nitro benzene ring substituents is 1. The molecule has 1 N–H and O–H groups in total. The molecule has 1 fully saturated rings. The first kappa shape index (κ1) is 13.7. The van der Waals surface area contributed by atoms with E-state index in [2.05, 4.69) is 10.3 Å². The lowest BCUT2D eigenvalue weighted by Crippen LogP contribution is -2.28. The number of non-ortho nitro benzene ring substituents is 1. The van der Waals surface area contributed by atoms with Gasteiger partial charge in [-0.15, -0.1) is 5.10 Å². The van der Waals surface area contributed by atoms with Crippen molar-refractivity contribution in [2.45, 2.75) is 37.7 Å². The van der Waals surface area contributed by atoms with Crippen molar-refractivity contribution in [2.24, 2.45) is 0 Å². The summed E-state index contributed by atoms with van der Waals surface area (Å²) in [5.74, 6) is 0. The largest absolute Gasteiger partial charge is 0.383 e. The third-order valence-electron chi connectivity index (χ3n) is 3.96. The molecule has 3 rings (SSSR count). The van der Waals surface area contributed by atoms with Crippen LogP contribution in [0.1, 0.15) is 37.8 Å². The molecule has 0 spiro atoms. The Labute approximate surface area is 121 Å². The highest BCUT2D eigenvalue weighted by atomic mass is 16.6. The number of hydrogen-bond donors (Lipinski definition) is 1. The SMILES string of the molecule is O=[N+]([O-])c1cccc(-n2cc(C3(O)CCCCC3)nn2)c1. The van der Waals surface area contributed by atoms with E-state index in [9.17, 15) is 15.2 Å². The summed E-state index contributed by atoms with van der Waals surface area (Å²) in [4.78, 5) is 10.4. The highest BCUT2D eigenvalue weighted by Gasteiger charge is 2.34. The molecule has 1 saturated carbocycles. The van der Waals surface area contributed by atoms with Gasteiger partial charge in [-0.2, -0.15) is 0 Å². The van der Waals surface area contributed by atoms with Crippen molar-refractivity contribution in [1.82, 2.24) is 15.0 Å². The van der Waals surface area contributed by atoms with Crippen LogP contribution in [0.2, 0.25) is 0 Å². The van der Waals surface area contributed by atoms with E-state index in [1.165, 1.54) is 16.8 Å².